The molecule has 128 valence electrons. The second-order valence-electron chi connectivity index (χ2n) is 5.78. The van der Waals surface area contributed by atoms with E-state index in [2.05, 4.69) is 20.6 Å². The quantitative estimate of drug-likeness (QED) is 0.616. The number of carbonyl (C=O) groups is 1. The van der Waals surface area contributed by atoms with Gasteiger partial charge in [-0.25, -0.2) is 4.39 Å². The van der Waals surface area contributed by atoms with Crippen LogP contribution in [0.25, 0.3) is 16.9 Å². The average molecular weight is 347 g/mol. The highest BCUT2D eigenvalue weighted by molar-refractivity contribution is 6.04. The molecule has 0 saturated heterocycles. The zero-order valence-corrected chi connectivity index (χ0v) is 13.8. The summed E-state index contributed by atoms with van der Waals surface area (Å²) < 4.78 is 14.9. The Kier molecular flexibility index (Phi) is 3.89. The minimum atomic E-state index is -0.446. The summed E-state index contributed by atoms with van der Waals surface area (Å²) in [6.45, 7) is 1.84. The first-order valence-corrected chi connectivity index (χ1v) is 7.96. The molecular weight excluding hydrogens is 333 g/mol. The molecule has 0 atom stereocenters. The average Bonchev–Trinajstić information content (AvgIpc) is 3.03. The summed E-state index contributed by atoms with van der Waals surface area (Å²) in [5.74, 6) is -0.100. The Hall–Kier alpha value is -3.61. The molecule has 7 heteroatoms. The summed E-state index contributed by atoms with van der Waals surface area (Å²) in [5.41, 5.74) is 3.23. The van der Waals surface area contributed by atoms with Crippen molar-refractivity contribution in [3.05, 3.63) is 77.9 Å². The molecule has 0 saturated carbocycles. The van der Waals surface area contributed by atoms with E-state index in [-0.39, 0.29) is 11.5 Å². The number of amides is 1. The number of rotatable bonds is 3. The Labute approximate surface area is 148 Å². The van der Waals surface area contributed by atoms with Crippen molar-refractivity contribution in [2.24, 2.45) is 0 Å². The molecule has 0 unspecified atom stereocenters. The van der Waals surface area contributed by atoms with Crippen molar-refractivity contribution in [1.82, 2.24) is 19.8 Å². The van der Waals surface area contributed by atoms with E-state index >= 15 is 0 Å². The van der Waals surface area contributed by atoms with E-state index in [1.54, 1.807) is 22.7 Å². The van der Waals surface area contributed by atoms with Gasteiger partial charge < -0.3 is 5.32 Å². The Bertz CT molecular complexity index is 1100. The van der Waals surface area contributed by atoms with Crippen molar-refractivity contribution in [2.45, 2.75) is 6.92 Å². The van der Waals surface area contributed by atoms with Gasteiger partial charge in [0.05, 0.1) is 5.69 Å². The SMILES string of the molecule is Cc1nnc2ccc(-c3ccc(NC(=O)c4cccc(F)c4)cc3)nn12. The Morgan fingerprint density at radius 2 is 1.85 bits per heavy atom. The Morgan fingerprint density at radius 3 is 2.62 bits per heavy atom. The van der Waals surface area contributed by atoms with E-state index in [1.807, 2.05) is 31.2 Å². The fourth-order valence-electron chi connectivity index (χ4n) is 2.61. The van der Waals surface area contributed by atoms with E-state index < -0.39 is 5.82 Å². The Morgan fingerprint density at radius 1 is 1.04 bits per heavy atom. The highest BCUT2D eigenvalue weighted by atomic mass is 19.1. The molecule has 2 aromatic carbocycles. The lowest BCUT2D eigenvalue weighted by Crippen LogP contribution is -2.11. The number of anilines is 1. The molecule has 0 spiro atoms. The van der Waals surface area contributed by atoms with Gasteiger partial charge in [0.1, 0.15) is 5.82 Å². The van der Waals surface area contributed by atoms with Crippen LogP contribution in [-0.4, -0.2) is 25.7 Å². The zero-order valence-electron chi connectivity index (χ0n) is 13.8. The standard InChI is InChI=1S/C19H14FN5O/c1-12-22-23-18-10-9-17(24-25(12)18)13-5-7-16(8-6-13)21-19(26)14-3-2-4-15(20)11-14/h2-11H,1H3,(H,21,26). The number of hydrogen-bond acceptors (Lipinski definition) is 4. The van der Waals surface area contributed by atoms with Gasteiger partial charge in [0.15, 0.2) is 11.5 Å². The predicted octanol–water partition coefficient (Wildman–Crippen LogP) is 3.49. The van der Waals surface area contributed by atoms with Crippen LogP contribution in [0.15, 0.2) is 60.7 Å². The molecule has 0 aliphatic heterocycles. The molecule has 4 aromatic rings. The second-order valence-corrected chi connectivity index (χ2v) is 5.78. The molecule has 0 aliphatic rings. The maximum Gasteiger partial charge on any atom is 0.255 e. The van der Waals surface area contributed by atoms with Crippen molar-refractivity contribution < 1.29 is 9.18 Å². The van der Waals surface area contributed by atoms with E-state index in [0.717, 1.165) is 11.3 Å². The summed E-state index contributed by atoms with van der Waals surface area (Å²) >= 11 is 0. The summed E-state index contributed by atoms with van der Waals surface area (Å²) in [6, 6.07) is 16.5. The van der Waals surface area contributed by atoms with Crippen LogP contribution in [0.1, 0.15) is 16.2 Å². The normalized spacial score (nSPS) is 10.8. The fourth-order valence-corrected chi connectivity index (χ4v) is 2.61. The van der Waals surface area contributed by atoms with Gasteiger partial charge in [-0.15, -0.1) is 10.2 Å². The first-order chi connectivity index (χ1) is 12.6. The van der Waals surface area contributed by atoms with Crippen molar-refractivity contribution in [3.63, 3.8) is 0 Å². The highest BCUT2D eigenvalue weighted by Gasteiger charge is 2.08. The van der Waals surface area contributed by atoms with E-state index in [0.29, 0.717) is 17.2 Å². The Balaban J connectivity index is 1.56. The number of hydrogen-bond donors (Lipinski definition) is 1. The van der Waals surface area contributed by atoms with Gasteiger partial charge in [0.2, 0.25) is 0 Å². The molecule has 1 N–H and O–H groups in total. The van der Waals surface area contributed by atoms with E-state index in [9.17, 15) is 9.18 Å². The molecule has 26 heavy (non-hydrogen) atoms. The maximum atomic E-state index is 13.2. The number of carbonyl (C=O) groups excluding carboxylic acids is 1. The van der Waals surface area contributed by atoms with Crippen molar-refractivity contribution >= 4 is 17.2 Å². The molecule has 0 fully saturated rings. The summed E-state index contributed by atoms with van der Waals surface area (Å²) in [5, 5.41) is 15.3. The zero-order chi connectivity index (χ0) is 18.1. The molecule has 4 rings (SSSR count). The number of aryl methyl sites for hydroxylation is 1. The monoisotopic (exact) mass is 347 g/mol. The third-order valence-corrected chi connectivity index (χ3v) is 3.94. The van der Waals surface area contributed by atoms with Gasteiger partial charge in [0, 0.05) is 16.8 Å². The van der Waals surface area contributed by atoms with Crippen LogP contribution in [0.2, 0.25) is 0 Å². The second kappa shape index (κ2) is 6.36. The minimum Gasteiger partial charge on any atom is -0.322 e. The summed E-state index contributed by atoms with van der Waals surface area (Å²) in [6.07, 6.45) is 0. The van der Waals surface area contributed by atoms with Crippen LogP contribution in [0.4, 0.5) is 10.1 Å². The van der Waals surface area contributed by atoms with Crippen LogP contribution in [0, 0.1) is 12.7 Å². The third kappa shape index (κ3) is 3.02. The number of aromatic nitrogens is 4. The first kappa shape index (κ1) is 15.9. The lowest BCUT2D eigenvalue weighted by molar-refractivity contribution is 0.102. The number of nitrogens with one attached hydrogen (secondary N) is 1. The van der Waals surface area contributed by atoms with Gasteiger partial charge in [0.25, 0.3) is 5.91 Å². The summed E-state index contributed by atoms with van der Waals surface area (Å²) in [7, 11) is 0. The molecule has 2 heterocycles. The van der Waals surface area contributed by atoms with E-state index in [1.165, 1.54) is 18.2 Å². The van der Waals surface area contributed by atoms with Crippen LogP contribution in [-0.2, 0) is 0 Å². The molecule has 1 amide bonds. The van der Waals surface area contributed by atoms with Crippen LogP contribution in [0.3, 0.4) is 0 Å². The largest absolute Gasteiger partial charge is 0.322 e. The first-order valence-electron chi connectivity index (χ1n) is 7.96. The molecule has 0 aliphatic carbocycles. The predicted molar refractivity (Wildman–Crippen MR) is 95.3 cm³/mol. The highest BCUT2D eigenvalue weighted by Crippen LogP contribution is 2.20. The molecule has 2 aromatic heterocycles. The van der Waals surface area contributed by atoms with Gasteiger partial charge in [-0.3, -0.25) is 4.79 Å². The lowest BCUT2D eigenvalue weighted by Gasteiger charge is -2.07. The molecule has 0 bridgehead atoms. The molecule has 6 nitrogen and oxygen atoms in total. The van der Waals surface area contributed by atoms with Crippen molar-refractivity contribution in [3.8, 4) is 11.3 Å². The van der Waals surface area contributed by atoms with Gasteiger partial charge in [-0.2, -0.15) is 9.61 Å². The van der Waals surface area contributed by atoms with Crippen LogP contribution < -0.4 is 5.32 Å². The molecule has 0 radical (unpaired) electrons. The number of halogens is 1. The fraction of sp³-hybridized carbons (Fsp3) is 0.0526. The number of fused-ring (bicyclic) bond motifs is 1. The smallest absolute Gasteiger partial charge is 0.255 e. The maximum absolute atomic E-state index is 13.2. The number of nitrogens with zero attached hydrogens (tertiary/aromatic N) is 4. The van der Waals surface area contributed by atoms with Gasteiger partial charge in [-0.1, -0.05) is 18.2 Å². The van der Waals surface area contributed by atoms with Crippen LogP contribution >= 0.6 is 0 Å². The molecular formula is C19H14FN5O. The topological polar surface area (TPSA) is 72.2 Å². The lowest BCUT2D eigenvalue weighted by atomic mass is 10.1. The minimum absolute atomic E-state index is 0.268. The van der Waals surface area contributed by atoms with Crippen molar-refractivity contribution in [2.75, 3.05) is 5.32 Å². The van der Waals surface area contributed by atoms with E-state index in [4.69, 9.17) is 0 Å². The van der Waals surface area contributed by atoms with Gasteiger partial charge >= 0.3 is 0 Å². The third-order valence-electron chi connectivity index (χ3n) is 3.94. The van der Waals surface area contributed by atoms with Crippen LogP contribution in [0.5, 0.6) is 0 Å². The number of benzene rings is 2. The van der Waals surface area contributed by atoms with Crippen molar-refractivity contribution in [1.29, 1.82) is 0 Å². The van der Waals surface area contributed by atoms with Gasteiger partial charge in [-0.05, 0) is 49.4 Å². The summed E-state index contributed by atoms with van der Waals surface area (Å²) in [4.78, 5) is 12.2.